The molecule has 1 aromatic heterocycles. The van der Waals surface area contributed by atoms with Gasteiger partial charge >= 0.3 is 6.03 Å². The number of nitrogens with zero attached hydrogens (tertiary/aromatic N) is 2. The SMILES string of the molecule is CCCc1nnc(NC(=O)NC[C@@H]2Cc3ccccc3O2)s1. The van der Waals surface area contributed by atoms with Crippen LogP contribution in [0.5, 0.6) is 5.75 Å². The third kappa shape index (κ3) is 3.54. The number of aromatic nitrogens is 2. The van der Waals surface area contributed by atoms with Crippen LogP contribution in [0, 0.1) is 0 Å². The van der Waals surface area contributed by atoms with Gasteiger partial charge in [0.25, 0.3) is 0 Å². The van der Waals surface area contributed by atoms with Gasteiger partial charge in [0.05, 0.1) is 6.54 Å². The van der Waals surface area contributed by atoms with E-state index in [1.54, 1.807) is 0 Å². The fraction of sp³-hybridized carbons (Fsp3) is 0.400. The summed E-state index contributed by atoms with van der Waals surface area (Å²) in [7, 11) is 0. The molecular weight excluding hydrogens is 300 g/mol. The van der Waals surface area contributed by atoms with Crippen LogP contribution >= 0.6 is 11.3 Å². The first kappa shape index (κ1) is 14.8. The van der Waals surface area contributed by atoms with E-state index in [2.05, 4.69) is 27.8 Å². The minimum absolute atomic E-state index is 0.0202. The van der Waals surface area contributed by atoms with Gasteiger partial charge in [0.2, 0.25) is 5.13 Å². The number of hydrogen-bond acceptors (Lipinski definition) is 5. The van der Waals surface area contributed by atoms with E-state index < -0.39 is 0 Å². The van der Waals surface area contributed by atoms with Crippen LogP contribution in [0.3, 0.4) is 0 Å². The van der Waals surface area contributed by atoms with Crippen molar-refractivity contribution < 1.29 is 9.53 Å². The monoisotopic (exact) mass is 318 g/mol. The number of hydrogen-bond donors (Lipinski definition) is 2. The first-order valence-electron chi connectivity index (χ1n) is 7.36. The van der Waals surface area contributed by atoms with Crippen molar-refractivity contribution in [3.05, 3.63) is 34.8 Å². The molecule has 0 fully saturated rings. The van der Waals surface area contributed by atoms with Gasteiger partial charge in [-0.1, -0.05) is 36.5 Å². The van der Waals surface area contributed by atoms with E-state index in [-0.39, 0.29) is 12.1 Å². The zero-order chi connectivity index (χ0) is 15.4. The molecule has 2 heterocycles. The summed E-state index contributed by atoms with van der Waals surface area (Å²) >= 11 is 1.41. The first-order valence-corrected chi connectivity index (χ1v) is 8.18. The van der Waals surface area contributed by atoms with Gasteiger partial charge < -0.3 is 10.1 Å². The topological polar surface area (TPSA) is 76.1 Å². The van der Waals surface area contributed by atoms with E-state index in [9.17, 15) is 4.79 Å². The van der Waals surface area contributed by atoms with E-state index >= 15 is 0 Å². The number of aryl methyl sites for hydroxylation is 1. The van der Waals surface area contributed by atoms with Crippen molar-refractivity contribution in [3.8, 4) is 5.75 Å². The van der Waals surface area contributed by atoms with Gasteiger partial charge in [-0.3, -0.25) is 5.32 Å². The Hall–Kier alpha value is -2.15. The molecule has 0 bridgehead atoms. The molecule has 6 nitrogen and oxygen atoms in total. The van der Waals surface area contributed by atoms with Crippen LogP contribution in [0.25, 0.3) is 0 Å². The maximum absolute atomic E-state index is 11.9. The zero-order valence-corrected chi connectivity index (χ0v) is 13.2. The van der Waals surface area contributed by atoms with E-state index in [1.807, 2.05) is 24.3 Å². The van der Waals surface area contributed by atoms with Crippen molar-refractivity contribution in [3.63, 3.8) is 0 Å². The Balaban J connectivity index is 1.45. The maximum atomic E-state index is 11.9. The van der Waals surface area contributed by atoms with Crippen molar-refractivity contribution >= 4 is 22.5 Å². The van der Waals surface area contributed by atoms with E-state index in [1.165, 1.54) is 16.9 Å². The molecule has 3 rings (SSSR count). The molecule has 1 aliphatic heterocycles. The highest BCUT2D eigenvalue weighted by molar-refractivity contribution is 7.15. The van der Waals surface area contributed by atoms with Gasteiger partial charge in [-0.15, -0.1) is 10.2 Å². The second-order valence-electron chi connectivity index (χ2n) is 5.14. The Bertz CT molecular complexity index is 633. The smallest absolute Gasteiger partial charge is 0.321 e. The quantitative estimate of drug-likeness (QED) is 0.888. The standard InChI is InChI=1S/C15H18N4O2S/c1-2-5-13-18-19-15(22-13)17-14(20)16-9-11-8-10-6-3-4-7-12(10)21-11/h3-4,6-7,11H,2,5,8-9H2,1H3,(H2,16,17,19,20)/t11-/m0/s1. The second-order valence-corrected chi connectivity index (χ2v) is 6.20. The predicted molar refractivity (Wildman–Crippen MR) is 85.5 cm³/mol. The van der Waals surface area contributed by atoms with Crippen LogP contribution in [-0.2, 0) is 12.8 Å². The summed E-state index contributed by atoms with van der Waals surface area (Å²) < 4.78 is 5.78. The molecule has 2 amide bonds. The highest BCUT2D eigenvalue weighted by Crippen LogP contribution is 2.27. The van der Waals surface area contributed by atoms with Crippen LogP contribution in [-0.4, -0.2) is 28.9 Å². The summed E-state index contributed by atoms with van der Waals surface area (Å²) in [6.07, 6.45) is 2.69. The molecule has 116 valence electrons. The summed E-state index contributed by atoms with van der Waals surface area (Å²) in [6, 6.07) is 7.66. The van der Waals surface area contributed by atoms with Crippen LogP contribution in [0.15, 0.2) is 24.3 Å². The van der Waals surface area contributed by atoms with Crippen molar-refractivity contribution in [2.45, 2.75) is 32.3 Å². The van der Waals surface area contributed by atoms with Crippen molar-refractivity contribution in [1.82, 2.24) is 15.5 Å². The highest BCUT2D eigenvalue weighted by atomic mass is 32.1. The molecule has 22 heavy (non-hydrogen) atoms. The van der Waals surface area contributed by atoms with Crippen molar-refractivity contribution in [2.75, 3.05) is 11.9 Å². The minimum atomic E-state index is -0.279. The Morgan fingerprint density at radius 2 is 2.27 bits per heavy atom. The number of para-hydroxylation sites is 1. The van der Waals surface area contributed by atoms with Crippen molar-refractivity contribution in [2.24, 2.45) is 0 Å². The number of rotatable bonds is 5. The average Bonchev–Trinajstić information content (AvgIpc) is 3.12. The second kappa shape index (κ2) is 6.74. The molecule has 2 aromatic rings. The molecule has 7 heteroatoms. The summed E-state index contributed by atoms with van der Waals surface area (Å²) in [5.74, 6) is 0.906. The molecule has 0 unspecified atom stereocenters. The molecule has 0 saturated heterocycles. The lowest BCUT2D eigenvalue weighted by atomic mass is 10.1. The summed E-state index contributed by atoms with van der Waals surface area (Å²) in [5.41, 5.74) is 1.18. The Morgan fingerprint density at radius 1 is 1.41 bits per heavy atom. The average molecular weight is 318 g/mol. The van der Waals surface area contributed by atoms with Crippen molar-refractivity contribution in [1.29, 1.82) is 0 Å². The van der Waals surface area contributed by atoms with Gasteiger partial charge in [0.15, 0.2) is 0 Å². The lowest BCUT2D eigenvalue weighted by Gasteiger charge is -2.11. The van der Waals surface area contributed by atoms with Crippen LogP contribution < -0.4 is 15.4 Å². The highest BCUT2D eigenvalue weighted by Gasteiger charge is 2.22. The molecule has 0 radical (unpaired) electrons. The predicted octanol–water partition coefficient (Wildman–Crippen LogP) is 2.62. The molecule has 1 aromatic carbocycles. The number of carbonyl (C=O) groups excluding carboxylic acids is 1. The third-order valence-corrected chi connectivity index (χ3v) is 4.25. The summed E-state index contributed by atoms with van der Waals surface area (Å²) in [5, 5.41) is 15.0. The number of nitrogens with one attached hydrogen (secondary N) is 2. The van der Waals surface area contributed by atoms with Gasteiger partial charge in [-0.2, -0.15) is 0 Å². The Kier molecular flexibility index (Phi) is 4.53. The van der Waals surface area contributed by atoms with Crippen LogP contribution in [0.4, 0.5) is 9.93 Å². The zero-order valence-electron chi connectivity index (χ0n) is 12.3. The molecular formula is C15H18N4O2S. The fourth-order valence-corrected chi connectivity index (χ4v) is 3.17. The number of benzene rings is 1. The Labute approximate surface area is 132 Å². The van der Waals surface area contributed by atoms with Gasteiger partial charge in [-0.05, 0) is 18.1 Å². The third-order valence-electron chi connectivity index (χ3n) is 3.36. The number of anilines is 1. The molecule has 0 saturated carbocycles. The lowest BCUT2D eigenvalue weighted by molar-refractivity contribution is 0.219. The molecule has 1 aliphatic rings. The van der Waals surface area contributed by atoms with E-state index in [4.69, 9.17) is 4.74 Å². The van der Waals surface area contributed by atoms with Gasteiger partial charge in [-0.25, -0.2) is 4.79 Å². The van der Waals surface area contributed by atoms with Gasteiger partial charge in [0.1, 0.15) is 16.9 Å². The molecule has 1 atom stereocenters. The van der Waals surface area contributed by atoms with E-state index in [0.29, 0.717) is 11.7 Å². The largest absolute Gasteiger partial charge is 0.488 e. The lowest BCUT2D eigenvalue weighted by Crippen LogP contribution is -2.37. The normalized spacial score (nSPS) is 16.0. The van der Waals surface area contributed by atoms with Crippen LogP contribution in [0.2, 0.25) is 0 Å². The Morgan fingerprint density at radius 3 is 3.09 bits per heavy atom. The fourth-order valence-electron chi connectivity index (χ4n) is 2.33. The number of ether oxygens (including phenoxy) is 1. The summed E-state index contributed by atoms with van der Waals surface area (Å²) in [4.78, 5) is 11.9. The van der Waals surface area contributed by atoms with Crippen LogP contribution in [0.1, 0.15) is 23.9 Å². The molecule has 2 N–H and O–H groups in total. The number of fused-ring (bicyclic) bond motifs is 1. The maximum Gasteiger partial charge on any atom is 0.321 e. The number of urea groups is 1. The summed E-state index contributed by atoms with van der Waals surface area (Å²) in [6.45, 7) is 2.54. The molecule has 0 aliphatic carbocycles. The molecule has 0 spiro atoms. The number of amides is 2. The minimum Gasteiger partial charge on any atom is -0.488 e. The number of carbonyl (C=O) groups is 1. The van der Waals surface area contributed by atoms with Gasteiger partial charge in [0, 0.05) is 12.8 Å². The first-order chi connectivity index (χ1) is 10.7. The van der Waals surface area contributed by atoms with E-state index in [0.717, 1.165) is 30.0 Å².